The Bertz CT molecular complexity index is 1150. The van der Waals surface area contributed by atoms with E-state index >= 15 is 0 Å². The van der Waals surface area contributed by atoms with Gasteiger partial charge < -0.3 is 14.2 Å². The number of piperazine rings is 1. The third-order valence-corrected chi connectivity index (χ3v) is 6.11. The number of likely N-dealkylation sites (N-methyl/N-ethyl adjacent to an activating group) is 1. The molecule has 0 aliphatic carbocycles. The van der Waals surface area contributed by atoms with Crippen molar-refractivity contribution in [2.24, 2.45) is 0 Å². The topological polar surface area (TPSA) is 49.6 Å². The van der Waals surface area contributed by atoms with Crippen molar-refractivity contribution in [3.8, 4) is 0 Å². The van der Waals surface area contributed by atoms with Crippen molar-refractivity contribution in [3.05, 3.63) is 58.6 Å². The van der Waals surface area contributed by atoms with E-state index in [0.29, 0.717) is 17.8 Å². The molecule has 3 aromatic rings. The molecule has 3 heterocycles. The Morgan fingerprint density at radius 3 is 2.52 bits per heavy atom. The van der Waals surface area contributed by atoms with Crippen molar-refractivity contribution in [2.45, 2.75) is 34.1 Å². The van der Waals surface area contributed by atoms with Gasteiger partial charge in [0.05, 0.1) is 11.3 Å². The normalized spacial score (nSPS) is 15.6. The fraction of sp³-hybridized carbons (Fsp3) is 0.385. The first-order chi connectivity index (χ1) is 14.9. The number of rotatable bonds is 5. The highest BCUT2D eigenvalue weighted by molar-refractivity contribution is 6.25. The third kappa shape index (κ3) is 4.42. The molecule has 0 amide bonds. The summed E-state index contributed by atoms with van der Waals surface area (Å²) in [5.74, 6) is 0.684. The summed E-state index contributed by atoms with van der Waals surface area (Å²) in [6.07, 6.45) is 2.40. The third-order valence-electron chi connectivity index (χ3n) is 6.11. The molecule has 5 nitrogen and oxygen atoms in total. The zero-order valence-electron chi connectivity index (χ0n) is 19.2. The number of carbonyl (C=O) groups is 1. The molecule has 1 fully saturated rings. The molecule has 1 aromatic carbocycles. The Balaban J connectivity index is 1.71. The quantitative estimate of drug-likeness (QED) is 0.545. The van der Waals surface area contributed by atoms with Gasteiger partial charge in [-0.05, 0) is 69.3 Å². The number of aryl methyl sites for hydroxylation is 3. The van der Waals surface area contributed by atoms with Crippen LogP contribution in [0.2, 0.25) is 0 Å². The van der Waals surface area contributed by atoms with E-state index in [1.165, 1.54) is 5.69 Å². The number of hydrogen-bond donors (Lipinski definition) is 0. The summed E-state index contributed by atoms with van der Waals surface area (Å²) in [6, 6.07) is 10.5. The van der Waals surface area contributed by atoms with Crippen LogP contribution in [-0.2, 0) is 4.79 Å². The molecule has 0 N–H and O–H groups in total. The van der Waals surface area contributed by atoms with Gasteiger partial charge in [0.25, 0.3) is 0 Å². The number of ketones is 1. The van der Waals surface area contributed by atoms with Crippen molar-refractivity contribution in [2.75, 3.05) is 38.1 Å². The van der Waals surface area contributed by atoms with Crippen LogP contribution in [0.1, 0.15) is 41.6 Å². The maximum atomic E-state index is 12.8. The van der Waals surface area contributed by atoms with Crippen LogP contribution >= 0.6 is 0 Å². The molecule has 0 saturated carbocycles. The first-order valence-electron chi connectivity index (χ1n) is 11.0. The van der Waals surface area contributed by atoms with Gasteiger partial charge in [-0.3, -0.25) is 9.78 Å². The van der Waals surface area contributed by atoms with Gasteiger partial charge in [-0.2, -0.15) is 0 Å². The van der Waals surface area contributed by atoms with Gasteiger partial charge in [0.1, 0.15) is 5.76 Å². The summed E-state index contributed by atoms with van der Waals surface area (Å²) in [5.41, 5.74) is 6.59. The Hall–Kier alpha value is -2.92. The molecule has 0 bridgehead atoms. The van der Waals surface area contributed by atoms with Crippen molar-refractivity contribution in [1.82, 2.24) is 9.88 Å². The summed E-state index contributed by atoms with van der Waals surface area (Å²) in [6.45, 7) is 12.1. The lowest BCUT2D eigenvalue weighted by Crippen LogP contribution is -2.44. The fourth-order valence-corrected chi connectivity index (χ4v) is 4.22. The largest absolute Gasteiger partial charge is 0.454 e. The van der Waals surface area contributed by atoms with E-state index in [4.69, 9.17) is 4.42 Å². The Morgan fingerprint density at radius 1 is 1.10 bits per heavy atom. The maximum absolute atomic E-state index is 12.8. The van der Waals surface area contributed by atoms with E-state index in [0.717, 1.165) is 59.7 Å². The molecule has 2 aromatic heterocycles. The summed E-state index contributed by atoms with van der Waals surface area (Å²) in [7, 11) is 2.17. The summed E-state index contributed by atoms with van der Waals surface area (Å²) in [4.78, 5) is 22.1. The zero-order chi connectivity index (χ0) is 22.1. The Labute approximate surface area is 184 Å². The fourth-order valence-electron chi connectivity index (χ4n) is 4.22. The van der Waals surface area contributed by atoms with E-state index in [9.17, 15) is 4.79 Å². The lowest BCUT2D eigenvalue weighted by molar-refractivity contribution is -0.113. The molecule has 0 radical (unpaired) electrons. The van der Waals surface area contributed by atoms with Gasteiger partial charge >= 0.3 is 0 Å². The molecule has 1 saturated heterocycles. The van der Waals surface area contributed by atoms with Crippen molar-refractivity contribution in [3.63, 3.8) is 0 Å². The van der Waals surface area contributed by atoms with Crippen LogP contribution in [0.5, 0.6) is 0 Å². The lowest BCUT2D eigenvalue weighted by Gasteiger charge is -2.34. The van der Waals surface area contributed by atoms with Gasteiger partial charge in [-0.25, -0.2) is 0 Å². The minimum Gasteiger partial charge on any atom is -0.454 e. The molecular formula is C26H31N3O2. The number of carbonyl (C=O) groups excluding carboxylic acids is 1. The van der Waals surface area contributed by atoms with Crippen LogP contribution in [0.25, 0.3) is 22.6 Å². The van der Waals surface area contributed by atoms with E-state index < -0.39 is 0 Å². The second kappa shape index (κ2) is 8.67. The van der Waals surface area contributed by atoms with Crippen LogP contribution < -0.4 is 4.90 Å². The van der Waals surface area contributed by atoms with Gasteiger partial charge in [0, 0.05) is 49.4 Å². The second-order valence-corrected chi connectivity index (χ2v) is 8.54. The number of anilines is 1. The molecule has 0 atom stereocenters. The maximum Gasteiger partial charge on any atom is 0.166 e. The molecule has 0 unspecified atom stereocenters. The van der Waals surface area contributed by atoms with Gasteiger partial charge in [-0.15, -0.1) is 0 Å². The average molecular weight is 418 g/mol. The second-order valence-electron chi connectivity index (χ2n) is 8.54. The number of nitrogens with zero attached hydrogens (tertiary/aromatic N) is 3. The van der Waals surface area contributed by atoms with Gasteiger partial charge in [0.15, 0.2) is 11.4 Å². The highest BCUT2D eigenvalue weighted by atomic mass is 16.3. The van der Waals surface area contributed by atoms with Crippen LogP contribution in [0.4, 0.5) is 5.69 Å². The van der Waals surface area contributed by atoms with Crippen LogP contribution in [0.3, 0.4) is 0 Å². The number of aromatic nitrogens is 1. The van der Waals surface area contributed by atoms with E-state index in [2.05, 4.69) is 47.0 Å². The van der Waals surface area contributed by atoms with E-state index in [1.54, 1.807) is 0 Å². The molecule has 4 rings (SSSR count). The predicted octanol–water partition coefficient (Wildman–Crippen LogP) is 5.02. The monoisotopic (exact) mass is 417 g/mol. The van der Waals surface area contributed by atoms with Crippen molar-refractivity contribution in [1.29, 1.82) is 0 Å². The van der Waals surface area contributed by atoms with Crippen LogP contribution in [0, 0.1) is 20.8 Å². The molecule has 1 aliphatic rings. The van der Waals surface area contributed by atoms with Crippen molar-refractivity contribution < 1.29 is 9.21 Å². The molecular weight excluding hydrogens is 386 g/mol. The van der Waals surface area contributed by atoms with E-state index in [1.807, 2.05) is 39.0 Å². The molecule has 1 aliphatic heterocycles. The predicted molar refractivity (Wildman–Crippen MR) is 128 cm³/mol. The number of pyridine rings is 1. The average Bonchev–Trinajstić information content (AvgIpc) is 3.17. The Kier molecular flexibility index (Phi) is 5.96. The van der Waals surface area contributed by atoms with E-state index in [-0.39, 0.29) is 5.78 Å². The minimum absolute atomic E-state index is 0.0731. The molecule has 0 spiro atoms. The van der Waals surface area contributed by atoms with Crippen molar-refractivity contribution >= 4 is 34.1 Å². The van der Waals surface area contributed by atoms with Gasteiger partial charge in [0.2, 0.25) is 0 Å². The molecule has 162 valence electrons. The van der Waals surface area contributed by atoms with Crippen LogP contribution in [0.15, 0.2) is 34.7 Å². The molecule has 5 heteroatoms. The number of Topliss-reactive ketones (excluding diaryl/α,β-unsaturated/α-hetero) is 1. The number of allylic oxidation sites excluding steroid dienone is 1. The number of furan rings is 1. The zero-order valence-corrected chi connectivity index (χ0v) is 19.2. The standard InChI is InChI=1S/C26H31N3O2/c1-6-24(30)23(25-16-21-14-18(3)27-19(4)26(21)31-25)15-20-7-8-22(13-17(20)2)29-11-9-28(5)10-12-29/h7-8,13-16H,6,9-12H2,1-5H3/b23-15+. The first kappa shape index (κ1) is 21.3. The Morgan fingerprint density at radius 2 is 1.84 bits per heavy atom. The minimum atomic E-state index is 0.0731. The smallest absolute Gasteiger partial charge is 0.166 e. The number of fused-ring (bicyclic) bond motifs is 1. The van der Waals surface area contributed by atoms with Gasteiger partial charge in [-0.1, -0.05) is 13.0 Å². The molecule has 31 heavy (non-hydrogen) atoms. The first-order valence-corrected chi connectivity index (χ1v) is 11.0. The summed E-state index contributed by atoms with van der Waals surface area (Å²) >= 11 is 0. The summed E-state index contributed by atoms with van der Waals surface area (Å²) < 4.78 is 6.12. The SMILES string of the molecule is CCC(=O)/C(=C\c1ccc(N2CCN(C)CC2)cc1C)c1cc2cc(C)nc(C)c2o1. The number of hydrogen-bond acceptors (Lipinski definition) is 5. The lowest BCUT2D eigenvalue weighted by atomic mass is 9.99. The number of benzene rings is 1. The highest BCUT2D eigenvalue weighted by Gasteiger charge is 2.18. The highest BCUT2D eigenvalue weighted by Crippen LogP contribution is 2.30. The van der Waals surface area contributed by atoms with Crippen LogP contribution in [-0.4, -0.2) is 48.9 Å². The summed E-state index contributed by atoms with van der Waals surface area (Å²) in [5, 5.41) is 0.983.